The average Bonchev–Trinajstić information content (AvgIpc) is 2.50. The van der Waals surface area contributed by atoms with E-state index in [0.29, 0.717) is 12.8 Å². The van der Waals surface area contributed by atoms with Crippen molar-refractivity contribution in [3.8, 4) is 0 Å². The summed E-state index contributed by atoms with van der Waals surface area (Å²) in [7, 11) is 1.24. The van der Waals surface area contributed by atoms with E-state index in [-0.39, 0.29) is 30.8 Å². The van der Waals surface area contributed by atoms with Crippen LogP contribution in [0, 0.1) is 5.92 Å². The van der Waals surface area contributed by atoms with E-state index < -0.39 is 12.1 Å². The number of amides is 1. The maximum absolute atomic E-state index is 11.9. The maximum Gasteiger partial charge on any atom is 0.407 e. The molecule has 1 amide bonds. The molecule has 6 nitrogen and oxygen atoms in total. The second-order valence-electron chi connectivity index (χ2n) is 5.22. The molecule has 0 radical (unpaired) electrons. The third-order valence-corrected chi connectivity index (χ3v) is 3.75. The molecule has 0 unspecified atom stereocenters. The first-order valence-electron chi connectivity index (χ1n) is 7.17. The Labute approximate surface area is 128 Å². The number of hydrogen-bond donors (Lipinski definition) is 1. The summed E-state index contributed by atoms with van der Waals surface area (Å²) in [5.41, 5.74) is 0.893. The fourth-order valence-electron chi connectivity index (χ4n) is 2.32. The zero-order valence-corrected chi connectivity index (χ0v) is 12.4. The monoisotopic (exact) mass is 305 g/mol. The predicted octanol–water partition coefficient (Wildman–Crippen LogP) is 1.82. The van der Waals surface area contributed by atoms with Gasteiger partial charge in [0.1, 0.15) is 18.8 Å². The summed E-state index contributed by atoms with van der Waals surface area (Å²) < 4.78 is 9.58. The lowest BCUT2D eigenvalue weighted by molar-refractivity contribution is -0.145. The van der Waals surface area contributed by atoms with Gasteiger partial charge >= 0.3 is 12.1 Å². The highest BCUT2D eigenvalue weighted by atomic mass is 16.5. The Balaban J connectivity index is 1.75. The van der Waals surface area contributed by atoms with E-state index in [4.69, 9.17) is 4.74 Å². The number of benzene rings is 1. The molecule has 0 aliphatic heterocycles. The molecule has 0 heterocycles. The zero-order chi connectivity index (χ0) is 15.9. The van der Waals surface area contributed by atoms with Crippen molar-refractivity contribution in [1.82, 2.24) is 5.32 Å². The Morgan fingerprint density at radius 2 is 1.91 bits per heavy atom. The highest BCUT2D eigenvalue weighted by Crippen LogP contribution is 2.29. The molecule has 1 fully saturated rings. The molecular weight excluding hydrogens is 286 g/mol. The van der Waals surface area contributed by atoms with Crippen LogP contribution in [0.15, 0.2) is 30.3 Å². The molecule has 0 saturated heterocycles. The second-order valence-corrected chi connectivity index (χ2v) is 5.22. The molecule has 1 aromatic rings. The van der Waals surface area contributed by atoms with Crippen LogP contribution in [-0.4, -0.2) is 31.0 Å². The summed E-state index contributed by atoms with van der Waals surface area (Å²) in [4.78, 5) is 34.7. The molecule has 0 bridgehead atoms. The molecule has 1 aromatic carbocycles. The summed E-state index contributed by atoms with van der Waals surface area (Å²) >= 11 is 0. The number of hydrogen-bond acceptors (Lipinski definition) is 5. The Kier molecular flexibility index (Phi) is 5.52. The van der Waals surface area contributed by atoms with Crippen LogP contribution in [0.1, 0.15) is 24.8 Å². The second kappa shape index (κ2) is 7.59. The molecule has 118 valence electrons. The molecule has 0 spiro atoms. The molecule has 2 atom stereocenters. The average molecular weight is 305 g/mol. The minimum absolute atomic E-state index is 0.181. The van der Waals surface area contributed by atoms with Crippen LogP contribution in [0.2, 0.25) is 0 Å². The highest BCUT2D eigenvalue weighted by Gasteiger charge is 2.38. The standard InChI is InChI=1S/C16H19NO5/c1-21-15(19)9-14(18)12-7-8-13(12)17-16(20)22-10-11-5-3-2-4-6-11/h2-6,12-13H,7-10H2,1H3,(H,17,20)/t12-,13+/m0/s1. The Morgan fingerprint density at radius 3 is 2.50 bits per heavy atom. The number of ether oxygens (including phenoxy) is 2. The number of Topliss-reactive ketones (excluding diaryl/α,β-unsaturated/α-hetero) is 1. The molecular formula is C16H19NO5. The third kappa shape index (κ3) is 4.31. The van der Waals surface area contributed by atoms with Gasteiger partial charge < -0.3 is 14.8 Å². The van der Waals surface area contributed by atoms with Crippen molar-refractivity contribution in [1.29, 1.82) is 0 Å². The van der Waals surface area contributed by atoms with E-state index in [1.165, 1.54) is 7.11 Å². The Bertz CT molecular complexity index is 543. The lowest BCUT2D eigenvalue weighted by atomic mass is 9.76. The number of methoxy groups -OCH3 is 1. The first-order valence-corrected chi connectivity index (χ1v) is 7.17. The largest absolute Gasteiger partial charge is 0.469 e. The molecule has 1 aliphatic carbocycles. The number of carbonyl (C=O) groups is 3. The van der Waals surface area contributed by atoms with Crippen molar-refractivity contribution in [2.45, 2.75) is 31.9 Å². The van der Waals surface area contributed by atoms with Crippen molar-refractivity contribution in [3.05, 3.63) is 35.9 Å². The van der Waals surface area contributed by atoms with Gasteiger partial charge in [0, 0.05) is 12.0 Å². The first-order chi connectivity index (χ1) is 10.6. The molecule has 22 heavy (non-hydrogen) atoms. The van der Waals surface area contributed by atoms with Crippen LogP contribution >= 0.6 is 0 Å². The summed E-state index contributed by atoms with van der Waals surface area (Å²) in [6.45, 7) is 0.181. The molecule has 1 saturated carbocycles. The molecule has 1 aliphatic rings. The van der Waals surface area contributed by atoms with E-state index in [0.717, 1.165) is 5.56 Å². The summed E-state index contributed by atoms with van der Waals surface area (Å²) in [6, 6.07) is 9.07. The summed E-state index contributed by atoms with van der Waals surface area (Å²) in [6.07, 6.45) is 0.569. The van der Waals surface area contributed by atoms with E-state index in [2.05, 4.69) is 10.1 Å². The quantitative estimate of drug-likeness (QED) is 0.640. The van der Waals surface area contributed by atoms with E-state index in [1.807, 2.05) is 30.3 Å². The van der Waals surface area contributed by atoms with E-state index >= 15 is 0 Å². The van der Waals surface area contributed by atoms with Gasteiger partial charge in [0.2, 0.25) is 0 Å². The molecule has 0 aromatic heterocycles. The van der Waals surface area contributed by atoms with Gasteiger partial charge in [0.05, 0.1) is 7.11 Å². The SMILES string of the molecule is COC(=O)CC(=O)[C@H]1CC[C@H]1NC(=O)OCc1ccccc1. The van der Waals surface area contributed by atoms with Gasteiger partial charge in [-0.3, -0.25) is 9.59 Å². The minimum Gasteiger partial charge on any atom is -0.469 e. The molecule has 1 N–H and O–H groups in total. The van der Waals surface area contributed by atoms with Gasteiger partial charge in [-0.25, -0.2) is 4.79 Å². The van der Waals surface area contributed by atoms with E-state index in [1.54, 1.807) is 0 Å². The predicted molar refractivity (Wildman–Crippen MR) is 77.9 cm³/mol. The zero-order valence-electron chi connectivity index (χ0n) is 12.4. The van der Waals surface area contributed by atoms with Gasteiger partial charge in [-0.15, -0.1) is 0 Å². The number of rotatable bonds is 6. The maximum atomic E-state index is 11.9. The lowest BCUT2D eigenvalue weighted by Gasteiger charge is -2.35. The fraction of sp³-hybridized carbons (Fsp3) is 0.438. The van der Waals surface area contributed by atoms with Crippen LogP contribution in [0.4, 0.5) is 4.79 Å². The van der Waals surface area contributed by atoms with Crippen LogP contribution in [0.25, 0.3) is 0 Å². The topological polar surface area (TPSA) is 81.7 Å². The van der Waals surface area contributed by atoms with Gasteiger partial charge in [-0.1, -0.05) is 30.3 Å². The van der Waals surface area contributed by atoms with Crippen molar-refractivity contribution in [3.63, 3.8) is 0 Å². The molecule has 2 rings (SSSR count). The number of nitrogens with one attached hydrogen (secondary N) is 1. The van der Waals surface area contributed by atoms with Gasteiger partial charge in [0.25, 0.3) is 0 Å². The Hall–Kier alpha value is -2.37. The summed E-state index contributed by atoms with van der Waals surface area (Å²) in [5, 5.41) is 2.67. The van der Waals surface area contributed by atoms with Crippen molar-refractivity contribution in [2.24, 2.45) is 5.92 Å². The van der Waals surface area contributed by atoms with Crippen molar-refractivity contribution in [2.75, 3.05) is 7.11 Å². The van der Waals surface area contributed by atoms with Gasteiger partial charge in [-0.2, -0.15) is 0 Å². The summed E-state index contributed by atoms with van der Waals surface area (Å²) in [5.74, 6) is -1.09. The van der Waals surface area contributed by atoms with Crippen LogP contribution in [0.3, 0.4) is 0 Å². The normalized spacial score (nSPS) is 19.7. The fourth-order valence-corrected chi connectivity index (χ4v) is 2.32. The van der Waals surface area contributed by atoms with Crippen LogP contribution in [-0.2, 0) is 25.7 Å². The smallest absolute Gasteiger partial charge is 0.407 e. The number of ketones is 1. The Morgan fingerprint density at radius 1 is 1.18 bits per heavy atom. The minimum atomic E-state index is -0.553. The van der Waals surface area contributed by atoms with E-state index in [9.17, 15) is 14.4 Å². The number of esters is 1. The lowest BCUT2D eigenvalue weighted by Crippen LogP contribution is -2.50. The van der Waals surface area contributed by atoms with Gasteiger partial charge in [-0.05, 0) is 18.4 Å². The molecule has 6 heteroatoms. The number of carbonyl (C=O) groups excluding carboxylic acids is 3. The third-order valence-electron chi connectivity index (χ3n) is 3.75. The highest BCUT2D eigenvalue weighted by molar-refractivity contribution is 5.97. The van der Waals surface area contributed by atoms with Gasteiger partial charge in [0.15, 0.2) is 0 Å². The number of alkyl carbamates (subject to hydrolysis) is 1. The van der Waals surface area contributed by atoms with Crippen LogP contribution < -0.4 is 5.32 Å². The van der Waals surface area contributed by atoms with Crippen LogP contribution in [0.5, 0.6) is 0 Å². The van der Waals surface area contributed by atoms with Crippen molar-refractivity contribution < 1.29 is 23.9 Å². The first kappa shape index (κ1) is 16.0. The van der Waals surface area contributed by atoms with Crippen molar-refractivity contribution >= 4 is 17.8 Å².